The molecule has 0 bridgehead atoms. The number of nitrogens with two attached hydrogens (primary N) is 1. The number of carbonyl (C=O) groups is 1. The molecular weight excluding hydrogens is 212 g/mol. The Balaban J connectivity index is 2.16. The second kappa shape index (κ2) is 7.00. The summed E-state index contributed by atoms with van der Waals surface area (Å²) in [6, 6.07) is -0.361. The van der Waals surface area contributed by atoms with Gasteiger partial charge in [-0.3, -0.25) is 4.79 Å². The molecule has 1 aliphatic rings. The van der Waals surface area contributed by atoms with Crippen molar-refractivity contribution in [2.24, 2.45) is 23.5 Å². The smallest absolute Gasteiger partial charge is 0.237 e. The lowest BCUT2D eigenvalue weighted by Crippen LogP contribution is -2.44. The summed E-state index contributed by atoms with van der Waals surface area (Å²) in [5, 5.41) is 2.96. The molecule has 1 amide bonds. The van der Waals surface area contributed by atoms with E-state index in [1.165, 1.54) is 25.7 Å². The molecule has 1 rings (SSSR count). The van der Waals surface area contributed by atoms with Gasteiger partial charge >= 0.3 is 0 Å². The Hall–Kier alpha value is -0.570. The highest BCUT2D eigenvalue weighted by Crippen LogP contribution is 2.30. The standard InChI is InChI=1S/C14H28N2O/c1-10(2)13(15)14(17)16-8-7-12-6-4-5-11(3)9-12/h10-13H,4-9,15H2,1-3H3,(H,16,17)/t11?,12?,13-/m1/s1. The van der Waals surface area contributed by atoms with E-state index >= 15 is 0 Å². The third kappa shape index (κ3) is 5.07. The van der Waals surface area contributed by atoms with Crippen LogP contribution in [0.15, 0.2) is 0 Å². The van der Waals surface area contributed by atoms with Crippen LogP contribution in [-0.4, -0.2) is 18.5 Å². The predicted octanol–water partition coefficient (Wildman–Crippen LogP) is 2.30. The monoisotopic (exact) mass is 240 g/mol. The van der Waals surface area contributed by atoms with Gasteiger partial charge in [0.05, 0.1) is 6.04 Å². The fourth-order valence-electron chi connectivity index (χ4n) is 2.64. The highest BCUT2D eigenvalue weighted by Gasteiger charge is 2.20. The predicted molar refractivity (Wildman–Crippen MR) is 71.6 cm³/mol. The Morgan fingerprint density at radius 3 is 2.71 bits per heavy atom. The number of hydrogen-bond acceptors (Lipinski definition) is 2. The van der Waals surface area contributed by atoms with E-state index in [0.717, 1.165) is 24.8 Å². The van der Waals surface area contributed by atoms with Gasteiger partial charge in [0.15, 0.2) is 0 Å². The number of carbonyl (C=O) groups excluding carboxylic acids is 1. The topological polar surface area (TPSA) is 55.1 Å². The lowest BCUT2D eigenvalue weighted by Gasteiger charge is -2.27. The van der Waals surface area contributed by atoms with Crippen LogP contribution in [0.2, 0.25) is 0 Å². The Morgan fingerprint density at radius 2 is 2.12 bits per heavy atom. The van der Waals surface area contributed by atoms with Crippen LogP contribution in [0.3, 0.4) is 0 Å². The quantitative estimate of drug-likeness (QED) is 0.774. The van der Waals surface area contributed by atoms with Crippen molar-refractivity contribution in [3.8, 4) is 0 Å². The second-order valence-corrected chi connectivity index (χ2v) is 5.99. The minimum Gasteiger partial charge on any atom is -0.355 e. The number of amides is 1. The SMILES string of the molecule is CC1CCCC(CCNC(=O)[C@H](N)C(C)C)C1. The van der Waals surface area contributed by atoms with Crippen molar-refractivity contribution in [3.63, 3.8) is 0 Å². The molecule has 3 heteroatoms. The molecule has 0 saturated heterocycles. The molecule has 17 heavy (non-hydrogen) atoms. The minimum absolute atomic E-state index is 0.00357. The van der Waals surface area contributed by atoms with Crippen LogP contribution in [0.1, 0.15) is 52.9 Å². The summed E-state index contributed by atoms with van der Waals surface area (Å²) in [6.45, 7) is 7.08. The van der Waals surface area contributed by atoms with Crippen LogP contribution in [0.25, 0.3) is 0 Å². The number of rotatable bonds is 5. The number of nitrogens with one attached hydrogen (secondary N) is 1. The van der Waals surface area contributed by atoms with E-state index in [-0.39, 0.29) is 17.9 Å². The summed E-state index contributed by atoms with van der Waals surface area (Å²) in [5.74, 6) is 1.88. The van der Waals surface area contributed by atoms with Gasteiger partial charge in [-0.25, -0.2) is 0 Å². The highest BCUT2D eigenvalue weighted by molar-refractivity contribution is 5.81. The van der Waals surface area contributed by atoms with Crippen LogP contribution in [-0.2, 0) is 4.79 Å². The van der Waals surface area contributed by atoms with Crippen molar-refractivity contribution in [1.82, 2.24) is 5.32 Å². The normalized spacial score (nSPS) is 26.9. The summed E-state index contributed by atoms with van der Waals surface area (Å²) in [7, 11) is 0. The molecule has 1 fully saturated rings. The molecule has 0 aliphatic heterocycles. The van der Waals surface area contributed by atoms with Crippen molar-refractivity contribution in [1.29, 1.82) is 0 Å². The summed E-state index contributed by atoms with van der Waals surface area (Å²) >= 11 is 0. The van der Waals surface area contributed by atoms with Gasteiger partial charge in [0.2, 0.25) is 5.91 Å². The summed E-state index contributed by atoms with van der Waals surface area (Å²) in [4.78, 5) is 11.7. The lowest BCUT2D eigenvalue weighted by atomic mass is 9.81. The maximum absolute atomic E-state index is 11.7. The Bertz CT molecular complexity index is 240. The zero-order chi connectivity index (χ0) is 12.8. The number of hydrogen-bond donors (Lipinski definition) is 2. The molecule has 3 N–H and O–H groups in total. The van der Waals surface area contributed by atoms with Crippen LogP contribution >= 0.6 is 0 Å². The first-order valence-corrected chi connectivity index (χ1v) is 7.04. The van der Waals surface area contributed by atoms with E-state index in [4.69, 9.17) is 5.73 Å². The van der Waals surface area contributed by atoms with Crippen LogP contribution in [0.5, 0.6) is 0 Å². The average Bonchev–Trinajstić information content (AvgIpc) is 2.27. The van der Waals surface area contributed by atoms with Crippen molar-refractivity contribution >= 4 is 5.91 Å². The second-order valence-electron chi connectivity index (χ2n) is 5.99. The van der Waals surface area contributed by atoms with Crippen molar-refractivity contribution < 1.29 is 4.79 Å². The summed E-state index contributed by atoms with van der Waals surface area (Å²) in [5.41, 5.74) is 5.79. The molecule has 3 nitrogen and oxygen atoms in total. The summed E-state index contributed by atoms with van der Waals surface area (Å²) in [6.07, 6.45) is 6.50. The van der Waals surface area contributed by atoms with Crippen LogP contribution in [0.4, 0.5) is 0 Å². The highest BCUT2D eigenvalue weighted by atomic mass is 16.2. The maximum Gasteiger partial charge on any atom is 0.237 e. The molecule has 0 aromatic rings. The van der Waals surface area contributed by atoms with E-state index in [9.17, 15) is 4.79 Å². The van der Waals surface area contributed by atoms with E-state index < -0.39 is 0 Å². The minimum atomic E-state index is -0.361. The molecule has 0 spiro atoms. The molecule has 1 aliphatic carbocycles. The molecule has 2 unspecified atom stereocenters. The van der Waals surface area contributed by atoms with Gasteiger partial charge in [-0.15, -0.1) is 0 Å². The van der Waals surface area contributed by atoms with Crippen LogP contribution in [0, 0.1) is 17.8 Å². The van der Waals surface area contributed by atoms with Gasteiger partial charge in [-0.1, -0.05) is 40.0 Å². The first-order chi connectivity index (χ1) is 8.00. The molecule has 0 heterocycles. The average molecular weight is 240 g/mol. The summed E-state index contributed by atoms with van der Waals surface area (Å²) < 4.78 is 0. The first kappa shape index (κ1) is 14.5. The van der Waals surface area contributed by atoms with Gasteiger partial charge in [-0.2, -0.15) is 0 Å². The molecule has 100 valence electrons. The van der Waals surface area contributed by atoms with Crippen molar-refractivity contribution in [3.05, 3.63) is 0 Å². The third-order valence-corrected chi connectivity index (χ3v) is 3.92. The molecule has 3 atom stereocenters. The Labute approximate surface area is 106 Å². The Morgan fingerprint density at radius 1 is 1.41 bits per heavy atom. The van der Waals surface area contributed by atoms with Gasteiger partial charge < -0.3 is 11.1 Å². The van der Waals surface area contributed by atoms with Gasteiger partial charge in [-0.05, 0) is 30.6 Å². The molecule has 0 aromatic carbocycles. The lowest BCUT2D eigenvalue weighted by molar-refractivity contribution is -0.123. The first-order valence-electron chi connectivity index (χ1n) is 7.04. The van der Waals surface area contributed by atoms with Gasteiger partial charge in [0.25, 0.3) is 0 Å². The van der Waals surface area contributed by atoms with Crippen molar-refractivity contribution in [2.75, 3.05) is 6.54 Å². The molecule has 0 aromatic heterocycles. The van der Waals surface area contributed by atoms with Gasteiger partial charge in [0.1, 0.15) is 0 Å². The molecule has 0 radical (unpaired) electrons. The van der Waals surface area contributed by atoms with E-state index in [1.807, 2.05) is 13.8 Å². The fraction of sp³-hybridized carbons (Fsp3) is 0.929. The maximum atomic E-state index is 11.7. The van der Waals surface area contributed by atoms with E-state index in [1.54, 1.807) is 0 Å². The zero-order valence-corrected chi connectivity index (χ0v) is 11.5. The Kier molecular flexibility index (Phi) is 5.96. The van der Waals surface area contributed by atoms with E-state index in [0.29, 0.717) is 0 Å². The zero-order valence-electron chi connectivity index (χ0n) is 11.5. The molecule has 1 saturated carbocycles. The fourth-order valence-corrected chi connectivity index (χ4v) is 2.64. The van der Waals surface area contributed by atoms with E-state index in [2.05, 4.69) is 12.2 Å². The van der Waals surface area contributed by atoms with Crippen molar-refractivity contribution in [2.45, 2.75) is 58.9 Å². The largest absolute Gasteiger partial charge is 0.355 e. The van der Waals surface area contributed by atoms with Crippen LogP contribution < -0.4 is 11.1 Å². The third-order valence-electron chi connectivity index (χ3n) is 3.92. The van der Waals surface area contributed by atoms with Gasteiger partial charge in [0, 0.05) is 6.54 Å². The molecular formula is C14H28N2O.